The van der Waals surface area contributed by atoms with Crippen molar-refractivity contribution in [3.05, 3.63) is 84.5 Å². The molecule has 0 fully saturated rings. The molecule has 3 aromatic rings. The van der Waals surface area contributed by atoms with Gasteiger partial charge in [0.1, 0.15) is 6.61 Å². The minimum absolute atomic E-state index is 0.0119. The van der Waals surface area contributed by atoms with Gasteiger partial charge in [-0.1, -0.05) is 60.3 Å². The highest BCUT2D eigenvalue weighted by Crippen LogP contribution is 2.20. The number of allylic oxidation sites excluding steroid dienone is 1. The molecule has 0 saturated heterocycles. The highest BCUT2D eigenvalue weighted by Gasteiger charge is 2.19. The average Bonchev–Trinajstić information content (AvgIpc) is 3.19. The zero-order chi connectivity index (χ0) is 23.6. The van der Waals surface area contributed by atoms with E-state index in [4.69, 9.17) is 4.74 Å². The predicted octanol–water partition coefficient (Wildman–Crippen LogP) is 3.59. The highest BCUT2D eigenvalue weighted by atomic mass is 32.2. The van der Waals surface area contributed by atoms with Crippen LogP contribution in [0, 0.1) is 5.82 Å². The number of hydrogen-bond acceptors (Lipinski definition) is 6. The first kappa shape index (κ1) is 24.2. The fourth-order valence-corrected chi connectivity index (χ4v) is 3.84. The molecule has 7 nitrogen and oxygen atoms in total. The van der Waals surface area contributed by atoms with Gasteiger partial charge in [-0.3, -0.25) is 14.2 Å². The number of benzene rings is 2. The fourth-order valence-electron chi connectivity index (χ4n) is 3.06. The number of halogens is 1. The SMILES string of the molecule is C=CCn1c(COc2ccccc2F)nnc1SCC(=O)NC(Cc1ccccc1)C(C)=O. The highest BCUT2D eigenvalue weighted by molar-refractivity contribution is 7.99. The topological polar surface area (TPSA) is 86.1 Å². The Hall–Kier alpha value is -3.46. The van der Waals surface area contributed by atoms with Crippen LogP contribution in [0.2, 0.25) is 0 Å². The van der Waals surface area contributed by atoms with Gasteiger partial charge in [-0.15, -0.1) is 16.8 Å². The molecule has 0 radical (unpaired) electrons. The van der Waals surface area contributed by atoms with Crippen molar-refractivity contribution in [1.82, 2.24) is 20.1 Å². The molecule has 1 heterocycles. The third kappa shape index (κ3) is 7.01. The lowest BCUT2D eigenvalue weighted by Crippen LogP contribution is -2.42. The standard InChI is InChI=1S/C24H25FN4O3S/c1-3-13-29-22(15-32-21-12-8-7-11-19(21)25)27-28-24(29)33-16-23(31)26-20(17(2)30)14-18-9-5-4-6-10-18/h3-12,20H,1,13-16H2,2H3,(H,26,31). The van der Waals surface area contributed by atoms with Gasteiger partial charge in [-0.25, -0.2) is 4.39 Å². The van der Waals surface area contributed by atoms with Crippen LogP contribution in [0.4, 0.5) is 4.39 Å². The lowest BCUT2D eigenvalue weighted by molar-refractivity contribution is -0.125. The van der Waals surface area contributed by atoms with Crippen molar-refractivity contribution in [3.8, 4) is 5.75 Å². The van der Waals surface area contributed by atoms with Gasteiger partial charge < -0.3 is 10.1 Å². The summed E-state index contributed by atoms with van der Waals surface area (Å²) in [6.07, 6.45) is 2.10. The van der Waals surface area contributed by atoms with E-state index in [1.165, 1.54) is 30.8 Å². The molecule has 0 aliphatic rings. The van der Waals surface area contributed by atoms with Crippen molar-refractivity contribution < 1.29 is 18.7 Å². The number of nitrogens with one attached hydrogen (secondary N) is 1. The Labute approximate surface area is 196 Å². The molecule has 0 aliphatic carbocycles. The van der Waals surface area contributed by atoms with Crippen molar-refractivity contribution in [2.24, 2.45) is 0 Å². The summed E-state index contributed by atoms with van der Waals surface area (Å²) in [6, 6.07) is 15.0. The second-order valence-corrected chi connectivity index (χ2v) is 8.17. The zero-order valence-electron chi connectivity index (χ0n) is 18.2. The molecule has 3 rings (SSSR count). The summed E-state index contributed by atoms with van der Waals surface area (Å²) in [5.41, 5.74) is 0.968. The number of nitrogens with zero attached hydrogens (tertiary/aromatic N) is 3. The number of aromatic nitrogens is 3. The largest absolute Gasteiger partial charge is 0.483 e. The Kier molecular flexibility index (Phi) is 8.77. The minimum atomic E-state index is -0.601. The van der Waals surface area contributed by atoms with Gasteiger partial charge in [-0.2, -0.15) is 0 Å². The van der Waals surface area contributed by atoms with E-state index in [-0.39, 0.29) is 29.8 Å². The third-order valence-electron chi connectivity index (χ3n) is 4.74. The zero-order valence-corrected chi connectivity index (χ0v) is 19.1. The Morgan fingerprint density at radius 2 is 1.91 bits per heavy atom. The quantitative estimate of drug-likeness (QED) is 0.323. The summed E-state index contributed by atoms with van der Waals surface area (Å²) in [5.74, 6) is -0.205. The second kappa shape index (κ2) is 12.0. The van der Waals surface area contributed by atoms with Crippen molar-refractivity contribution >= 4 is 23.5 Å². The van der Waals surface area contributed by atoms with Crippen LogP contribution in [-0.2, 0) is 29.2 Å². The minimum Gasteiger partial charge on any atom is -0.483 e. The monoisotopic (exact) mass is 468 g/mol. The first-order valence-corrected chi connectivity index (χ1v) is 11.3. The van der Waals surface area contributed by atoms with Gasteiger partial charge in [0, 0.05) is 6.54 Å². The number of para-hydroxylation sites is 1. The summed E-state index contributed by atoms with van der Waals surface area (Å²) in [5, 5.41) is 11.5. The Balaban J connectivity index is 1.60. The summed E-state index contributed by atoms with van der Waals surface area (Å²) in [7, 11) is 0. The molecule has 1 unspecified atom stereocenters. The number of ketones is 1. The predicted molar refractivity (Wildman–Crippen MR) is 124 cm³/mol. The number of carbonyl (C=O) groups is 2. The van der Waals surface area contributed by atoms with Crippen LogP contribution in [0.1, 0.15) is 18.3 Å². The number of ether oxygens (including phenoxy) is 1. The van der Waals surface area contributed by atoms with Gasteiger partial charge in [-0.05, 0) is 31.0 Å². The van der Waals surface area contributed by atoms with Crippen molar-refractivity contribution in [2.75, 3.05) is 5.75 Å². The van der Waals surface area contributed by atoms with Crippen LogP contribution in [0.25, 0.3) is 0 Å². The summed E-state index contributed by atoms with van der Waals surface area (Å²) >= 11 is 1.19. The number of rotatable bonds is 12. The molecule has 1 amide bonds. The van der Waals surface area contributed by atoms with Crippen molar-refractivity contribution in [2.45, 2.75) is 37.7 Å². The Bertz CT molecular complexity index is 1100. The summed E-state index contributed by atoms with van der Waals surface area (Å²) < 4.78 is 21.1. The van der Waals surface area contributed by atoms with Crippen LogP contribution in [0.15, 0.2) is 72.4 Å². The van der Waals surface area contributed by atoms with Gasteiger partial charge >= 0.3 is 0 Å². The smallest absolute Gasteiger partial charge is 0.231 e. The molecule has 0 spiro atoms. The lowest BCUT2D eigenvalue weighted by atomic mass is 10.0. The van der Waals surface area contributed by atoms with E-state index in [1.807, 2.05) is 30.3 Å². The van der Waals surface area contributed by atoms with Crippen molar-refractivity contribution in [3.63, 3.8) is 0 Å². The molecule has 2 aromatic carbocycles. The van der Waals surface area contributed by atoms with Crippen LogP contribution >= 0.6 is 11.8 Å². The molecule has 1 aromatic heterocycles. The van der Waals surface area contributed by atoms with Crippen LogP contribution in [-0.4, -0.2) is 38.2 Å². The van der Waals surface area contributed by atoms with E-state index in [9.17, 15) is 14.0 Å². The molecule has 0 bridgehead atoms. The fraction of sp³-hybridized carbons (Fsp3) is 0.250. The van der Waals surface area contributed by atoms with Gasteiger partial charge in [0.15, 0.2) is 28.3 Å². The van der Waals surface area contributed by atoms with E-state index < -0.39 is 11.9 Å². The normalized spacial score (nSPS) is 11.6. The molecule has 0 saturated carbocycles. The van der Waals surface area contributed by atoms with E-state index in [0.29, 0.717) is 23.9 Å². The molecule has 9 heteroatoms. The number of carbonyl (C=O) groups excluding carboxylic acids is 2. The maximum Gasteiger partial charge on any atom is 0.231 e. The first-order valence-electron chi connectivity index (χ1n) is 10.3. The Morgan fingerprint density at radius 3 is 2.61 bits per heavy atom. The molecule has 172 valence electrons. The average molecular weight is 469 g/mol. The van der Waals surface area contributed by atoms with Crippen LogP contribution in [0.5, 0.6) is 5.75 Å². The van der Waals surface area contributed by atoms with Gasteiger partial charge in [0.2, 0.25) is 5.91 Å². The molecule has 33 heavy (non-hydrogen) atoms. The van der Waals surface area contributed by atoms with E-state index in [0.717, 1.165) is 5.56 Å². The van der Waals surface area contributed by atoms with Crippen LogP contribution < -0.4 is 10.1 Å². The number of Topliss-reactive ketones (excluding diaryl/α,β-unsaturated/α-hetero) is 1. The molecular weight excluding hydrogens is 443 g/mol. The second-order valence-electron chi connectivity index (χ2n) is 7.23. The summed E-state index contributed by atoms with van der Waals surface area (Å²) in [6.45, 7) is 5.61. The number of hydrogen-bond donors (Lipinski definition) is 1. The Morgan fingerprint density at radius 1 is 1.18 bits per heavy atom. The maximum atomic E-state index is 13.8. The van der Waals surface area contributed by atoms with E-state index >= 15 is 0 Å². The van der Waals surface area contributed by atoms with Gasteiger partial charge in [0.05, 0.1) is 11.8 Å². The van der Waals surface area contributed by atoms with Gasteiger partial charge in [0.25, 0.3) is 0 Å². The van der Waals surface area contributed by atoms with E-state index in [1.54, 1.807) is 22.8 Å². The van der Waals surface area contributed by atoms with Crippen LogP contribution in [0.3, 0.4) is 0 Å². The number of thioether (sulfide) groups is 1. The number of amides is 1. The maximum absolute atomic E-state index is 13.8. The molecular formula is C24H25FN4O3S. The molecule has 1 atom stereocenters. The molecule has 1 N–H and O–H groups in total. The first-order chi connectivity index (χ1) is 16.0. The van der Waals surface area contributed by atoms with Crippen molar-refractivity contribution in [1.29, 1.82) is 0 Å². The molecule has 0 aliphatic heterocycles. The van der Waals surface area contributed by atoms with E-state index in [2.05, 4.69) is 22.1 Å². The third-order valence-corrected chi connectivity index (χ3v) is 5.71. The lowest BCUT2D eigenvalue weighted by Gasteiger charge is -2.16. The summed E-state index contributed by atoms with van der Waals surface area (Å²) in [4.78, 5) is 24.5.